The normalized spacial score (nSPS) is 18.0. The van der Waals surface area contributed by atoms with Gasteiger partial charge in [0.15, 0.2) is 0 Å². The maximum atomic E-state index is 13.2. The Kier molecular flexibility index (Phi) is 5.11. The van der Waals surface area contributed by atoms with Crippen molar-refractivity contribution in [2.45, 2.75) is 19.6 Å². The standard InChI is InChI=1S/C15H22F3N3/c1-3-19-13-5-4-12(14(10-13)15(16,17)18)11-21-8-6-20(2)7-9-21/h4-5,10,19H,3,6-9,11H2,1-2H3. The van der Waals surface area contributed by atoms with E-state index >= 15 is 0 Å². The number of nitrogens with one attached hydrogen (secondary N) is 1. The third-order valence-corrected chi connectivity index (χ3v) is 3.79. The van der Waals surface area contributed by atoms with Gasteiger partial charge in [0.25, 0.3) is 0 Å². The average Bonchev–Trinajstić information content (AvgIpc) is 2.42. The van der Waals surface area contributed by atoms with Crippen LogP contribution in [0.1, 0.15) is 18.1 Å². The van der Waals surface area contributed by atoms with Gasteiger partial charge in [-0.25, -0.2) is 0 Å². The average molecular weight is 301 g/mol. The van der Waals surface area contributed by atoms with Crippen LogP contribution in [0.4, 0.5) is 18.9 Å². The zero-order valence-corrected chi connectivity index (χ0v) is 12.5. The Balaban J connectivity index is 2.17. The maximum Gasteiger partial charge on any atom is 0.416 e. The van der Waals surface area contributed by atoms with E-state index in [1.165, 1.54) is 6.07 Å². The SMILES string of the molecule is CCNc1ccc(CN2CCN(C)CC2)c(C(F)(F)F)c1. The molecule has 0 radical (unpaired) electrons. The number of likely N-dealkylation sites (N-methyl/N-ethyl adjacent to an activating group) is 1. The molecule has 0 unspecified atom stereocenters. The Morgan fingerprint density at radius 3 is 2.38 bits per heavy atom. The first-order valence-electron chi connectivity index (χ1n) is 7.25. The Labute approximate surface area is 123 Å². The second kappa shape index (κ2) is 6.66. The summed E-state index contributed by atoms with van der Waals surface area (Å²) < 4.78 is 39.7. The Morgan fingerprint density at radius 2 is 1.81 bits per heavy atom. The summed E-state index contributed by atoms with van der Waals surface area (Å²) in [6, 6.07) is 4.54. The van der Waals surface area contributed by atoms with Crippen molar-refractivity contribution in [3.63, 3.8) is 0 Å². The minimum atomic E-state index is -4.31. The number of hydrogen-bond acceptors (Lipinski definition) is 3. The highest BCUT2D eigenvalue weighted by atomic mass is 19.4. The molecule has 0 aliphatic carbocycles. The van der Waals surface area contributed by atoms with Gasteiger partial charge in [0, 0.05) is 45.0 Å². The van der Waals surface area contributed by atoms with Crippen molar-refractivity contribution >= 4 is 5.69 Å². The van der Waals surface area contributed by atoms with Crippen molar-refractivity contribution in [3.05, 3.63) is 29.3 Å². The fourth-order valence-electron chi connectivity index (χ4n) is 2.54. The highest BCUT2D eigenvalue weighted by Gasteiger charge is 2.34. The zero-order chi connectivity index (χ0) is 15.5. The second-order valence-corrected chi connectivity index (χ2v) is 5.48. The van der Waals surface area contributed by atoms with Gasteiger partial charge in [0.2, 0.25) is 0 Å². The fourth-order valence-corrected chi connectivity index (χ4v) is 2.54. The van der Waals surface area contributed by atoms with Gasteiger partial charge < -0.3 is 10.2 Å². The van der Waals surface area contributed by atoms with E-state index < -0.39 is 11.7 Å². The van der Waals surface area contributed by atoms with E-state index in [2.05, 4.69) is 15.1 Å². The molecule has 0 saturated carbocycles. The summed E-state index contributed by atoms with van der Waals surface area (Å²) in [5.74, 6) is 0. The monoisotopic (exact) mass is 301 g/mol. The van der Waals surface area contributed by atoms with Gasteiger partial charge in [-0.2, -0.15) is 13.2 Å². The molecule has 1 heterocycles. The van der Waals surface area contributed by atoms with E-state index in [0.29, 0.717) is 24.3 Å². The number of nitrogens with zero attached hydrogens (tertiary/aromatic N) is 2. The molecule has 1 aromatic carbocycles. The number of halogens is 3. The quantitative estimate of drug-likeness (QED) is 0.922. The first-order chi connectivity index (χ1) is 9.90. The van der Waals surface area contributed by atoms with Crippen molar-refractivity contribution in [2.24, 2.45) is 0 Å². The van der Waals surface area contributed by atoms with Gasteiger partial charge >= 0.3 is 6.18 Å². The molecule has 0 atom stereocenters. The molecular formula is C15H22F3N3. The van der Waals surface area contributed by atoms with Crippen molar-refractivity contribution in [1.82, 2.24) is 9.80 Å². The van der Waals surface area contributed by atoms with Gasteiger partial charge in [0.05, 0.1) is 5.56 Å². The van der Waals surface area contributed by atoms with Crippen LogP contribution in [0.2, 0.25) is 0 Å². The molecule has 0 amide bonds. The topological polar surface area (TPSA) is 18.5 Å². The minimum absolute atomic E-state index is 0.355. The lowest BCUT2D eigenvalue weighted by atomic mass is 10.0. The molecule has 21 heavy (non-hydrogen) atoms. The first-order valence-corrected chi connectivity index (χ1v) is 7.25. The van der Waals surface area contributed by atoms with Crippen molar-refractivity contribution in [2.75, 3.05) is 45.1 Å². The summed E-state index contributed by atoms with van der Waals surface area (Å²) in [6.45, 7) is 6.24. The third-order valence-electron chi connectivity index (χ3n) is 3.79. The van der Waals surface area contributed by atoms with E-state index in [4.69, 9.17) is 0 Å². The number of hydrogen-bond donors (Lipinski definition) is 1. The zero-order valence-electron chi connectivity index (χ0n) is 12.5. The van der Waals surface area contributed by atoms with E-state index in [0.717, 1.165) is 26.2 Å². The number of anilines is 1. The second-order valence-electron chi connectivity index (χ2n) is 5.48. The summed E-state index contributed by atoms with van der Waals surface area (Å²) >= 11 is 0. The van der Waals surface area contributed by atoms with Crippen LogP contribution in [0.15, 0.2) is 18.2 Å². The lowest BCUT2D eigenvalue weighted by Crippen LogP contribution is -2.44. The Morgan fingerprint density at radius 1 is 1.14 bits per heavy atom. The van der Waals surface area contributed by atoms with Crippen molar-refractivity contribution in [1.29, 1.82) is 0 Å². The van der Waals surface area contributed by atoms with Gasteiger partial charge in [0.1, 0.15) is 0 Å². The molecule has 0 aromatic heterocycles. The summed E-state index contributed by atoms with van der Waals surface area (Å²) in [7, 11) is 2.03. The molecule has 1 aliphatic heterocycles. The van der Waals surface area contributed by atoms with Gasteiger partial charge in [-0.05, 0) is 31.7 Å². The summed E-state index contributed by atoms with van der Waals surface area (Å²) in [5, 5.41) is 2.94. The summed E-state index contributed by atoms with van der Waals surface area (Å²) in [5.41, 5.74) is 0.348. The van der Waals surface area contributed by atoms with E-state index in [-0.39, 0.29) is 0 Å². The molecule has 0 spiro atoms. The van der Waals surface area contributed by atoms with Gasteiger partial charge in [-0.1, -0.05) is 6.07 Å². The van der Waals surface area contributed by atoms with Crippen LogP contribution in [-0.4, -0.2) is 49.6 Å². The number of alkyl halides is 3. The predicted molar refractivity (Wildman–Crippen MR) is 78.4 cm³/mol. The fraction of sp³-hybridized carbons (Fsp3) is 0.600. The highest BCUT2D eigenvalue weighted by molar-refractivity contribution is 5.49. The molecule has 118 valence electrons. The molecule has 3 nitrogen and oxygen atoms in total. The van der Waals surface area contributed by atoms with Crippen molar-refractivity contribution < 1.29 is 13.2 Å². The van der Waals surface area contributed by atoms with Gasteiger partial charge in [-0.15, -0.1) is 0 Å². The minimum Gasteiger partial charge on any atom is -0.385 e. The molecule has 0 bridgehead atoms. The molecule has 1 aliphatic rings. The number of piperazine rings is 1. The van der Waals surface area contributed by atoms with Crippen LogP contribution in [0.3, 0.4) is 0 Å². The molecular weight excluding hydrogens is 279 g/mol. The van der Waals surface area contributed by atoms with E-state index in [9.17, 15) is 13.2 Å². The lowest BCUT2D eigenvalue weighted by Gasteiger charge is -2.33. The van der Waals surface area contributed by atoms with Crippen LogP contribution in [0.25, 0.3) is 0 Å². The lowest BCUT2D eigenvalue weighted by molar-refractivity contribution is -0.138. The summed E-state index contributed by atoms with van der Waals surface area (Å²) in [4.78, 5) is 4.27. The Hall–Kier alpha value is -1.27. The number of benzene rings is 1. The van der Waals surface area contributed by atoms with Crippen LogP contribution >= 0.6 is 0 Å². The molecule has 6 heteroatoms. The molecule has 1 N–H and O–H groups in total. The van der Waals surface area contributed by atoms with Gasteiger partial charge in [-0.3, -0.25) is 4.90 Å². The van der Waals surface area contributed by atoms with Crippen LogP contribution in [-0.2, 0) is 12.7 Å². The first kappa shape index (κ1) is 16.1. The maximum absolute atomic E-state index is 13.2. The molecule has 1 aromatic rings. The summed E-state index contributed by atoms with van der Waals surface area (Å²) in [6.07, 6.45) is -4.31. The van der Waals surface area contributed by atoms with Crippen LogP contribution in [0, 0.1) is 0 Å². The largest absolute Gasteiger partial charge is 0.416 e. The Bertz CT molecular complexity index is 466. The van der Waals surface area contributed by atoms with E-state index in [1.807, 2.05) is 14.0 Å². The van der Waals surface area contributed by atoms with Crippen LogP contribution < -0.4 is 5.32 Å². The van der Waals surface area contributed by atoms with Crippen molar-refractivity contribution in [3.8, 4) is 0 Å². The predicted octanol–water partition coefficient (Wildman–Crippen LogP) is 2.88. The van der Waals surface area contributed by atoms with E-state index in [1.54, 1.807) is 12.1 Å². The molecule has 2 rings (SSSR count). The molecule has 1 fully saturated rings. The smallest absolute Gasteiger partial charge is 0.385 e. The number of rotatable bonds is 4. The highest BCUT2D eigenvalue weighted by Crippen LogP contribution is 2.34. The third kappa shape index (κ3) is 4.35. The molecule has 1 saturated heterocycles. The van der Waals surface area contributed by atoms with Crippen LogP contribution in [0.5, 0.6) is 0 Å².